The van der Waals surface area contributed by atoms with Gasteiger partial charge in [-0.1, -0.05) is 27.7 Å². The summed E-state index contributed by atoms with van der Waals surface area (Å²) >= 11 is 0. The first kappa shape index (κ1) is 16.5. The van der Waals surface area contributed by atoms with Crippen molar-refractivity contribution in [2.45, 2.75) is 40.7 Å². The normalized spacial score (nSPS) is 9.90. The number of likely N-dealkylation sites (N-methyl/N-ethyl adjacent to an activating group) is 1. The second-order valence-corrected chi connectivity index (χ2v) is 1.41. The predicted octanol–water partition coefficient (Wildman–Crippen LogP) is 1.64. The molecule has 2 heteroatoms. The van der Waals surface area contributed by atoms with Gasteiger partial charge in [0.1, 0.15) is 0 Å². The van der Waals surface area contributed by atoms with E-state index in [2.05, 4.69) is 5.32 Å². The molecule has 0 radical (unpaired) electrons. The van der Waals surface area contributed by atoms with Crippen molar-refractivity contribution >= 4 is 0 Å². The Morgan fingerprint density at radius 1 is 1.20 bits per heavy atom. The summed E-state index contributed by atoms with van der Waals surface area (Å²) in [6, 6.07) is 0. The summed E-state index contributed by atoms with van der Waals surface area (Å²) in [6.07, 6.45) is -0.213. The van der Waals surface area contributed by atoms with Crippen LogP contribution in [0.5, 0.6) is 0 Å². The number of aliphatic hydroxyl groups is 1. The fourth-order valence-electron chi connectivity index (χ4n) is 0.295. The van der Waals surface area contributed by atoms with Crippen LogP contribution in [0.1, 0.15) is 34.6 Å². The highest BCUT2D eigenvalue weighted by molar-refractivity contribution is 4.44. The van der Waals surface area contributed by atoms with Gasteiger partial charge in [0.05, 0.1) is 6.10 Å². The van der Waals surface area contributed by atoms with Crippen molar-refractivity contribution in [2.24, 2.45) is 0 Å². The largest absolute Gasteiger partial charge is 0.392 e. The average molecular weight is 149 g/mol. The minimum absolute atomic E-state index is 0.213. The van der Waals surface area contributed by atoms with E-state index in [0.29, 0.717) is 6.54 Å². The van der Waals surface area contributed by atoms with Gasteiger partial charge >= 0.3 is 0 Å². The fourth-order valence-corrected chi connectivity index (χ4v) is 0.295. The maximum atomic E-state index is 8.49. The van der Waals surface area contributed by atoms with Gasteiger partial charge in [-0.15, -0.1) is 0 Å². The molecule has 0 rings (SSSR count). The van der Waals surface area contributed by atoms with Gasteiger partial charge in [0, 0.05) is 6.54 Å². The van der Waals surface area contributed by atoms with Gasteiger partial charge < -0.3 is 10.4 Å². The van der Waals surface area contributed by atoms with Crippen molar-refractivity contribution in [3.8, 4) is 0 Å². The van der Waals surface area contributed by atoms with Gasteiger partial charge in [-0.2, -0.15) is 0 Å². The fraction of sp³-hybridized carbons (Fsp3) is 1.00. The zero-order chi connectivity index (χ0) is 8.99. The van der Waals surface area contributed by atoms with E-state index in [1.165, 1.54) is 0 Å². The molecule has 0 aromatic heterocycles. The van der Waals surface area contributed by atoms with E-state index >= 15 is 0 Å². The topological polar surface area (TPSA) is 32.3 Å². The Kier molecular flexibility index (Phi) is 38.1. The third-order valence-corrected chi connectivity index (χ3v) is 0.500. The Hall–Kier alpha value is -0.0800. The smallest absolute Gasteiger partial charge is 0.0636 e. The average Bonchev–Trinajstić information content (AvgIpc) is 1.96. The van der Waals surface area contributed by atoms with E-state index < -0.39 is 0 Å². The van der Waals surface area contributed by atoms with E-state index in [-0.39, 0.29) is 6.10 Å². The molecule has 2 nitrogen and oxygen atoms in total. The highest BCUT2D eigenvalue weighted by atomic mass is 16.3. The molecule has 0 aromatic carbocycles. The molecule has 0 aliphatic heterocycles. The maximum Gasteiger partial charge on any atom is 0.0636 e. The highest BCUT2D eigenvalue weighted by Crippen LogP contribution is 1.69. The van der Waals surface area contributed by atoms with Crippen LogP contribution in [0.4, 0.5) is 0 Å². The summed E-state index contributed by atoms with van der Waals surface area (Å²) in [5, 5.41) is 11.3. The zero-order valence-corrected chi connectivity index (χ0v) is 8.23. The van der Waals surface area contributed by atoms with Crippen molar-refractivity contribution in [1.82, 2.24) is 5.32 Å². The van der Waals surface area contributed by atoms with Gasteiger partial charge in [0.15, 0.2) is 0 Å². The van der Waals surface area contributed by atoms with E-state index in [4.69, 9.17) is 5.11 Å². The van der Waals surface area contributed by atoms with Gasteiger partial charge in [-0.25, -0.2) is 0 Å². The summed E-state index contributed by atoms with van der Waals surface area (Å²) in [5.74, 6) is 0. The lowest BCUT2D eigenvalue weighted by Crippen LogP contribution is -2.19. The molecule has 0 saturated carbocycles. The van der Waals surface area contributed by atoms with Gasteiger partial charge in [0.2, 0.25) is 0 Å². The molecule has 0 spiro atoms. The number of rotatable bonds is 2. The summed E-state index contributed by atoms with van der Waals surface area (Å²) in [6.45, 7) is 10.4. The highest BCUT2D eigenvalue weighted by Gasteiger charge is 1.86. The molecule has 0 heterocycles. The van der Waals surface area contributed by atoms with Gasteiger partial charge in [0.25, 0.3) is 0 Å². The number of hydrogen-bond acceptors (Lipinski definition) is 2. The molecular formula is C8H23NO. The summed E-state index contributed by atoms with van der Waals surface area (Å²) in [5.41, 5.74) is 0. The monoisotopic (exact) mass is 149 g/mol. The summed E-state index contributed by atoms with van der Waals surface area (Å²) in [7, 11) is 1.81. The van der Waals surface area contributed by atoms with Crippen LogP contribution in [0.2, 0.25) is 0 Å². The molecule has 1 atom stereocenters. The third kappa shape index (κ3) is 44.5. The van der Waals surface area contributed by atoms with Crippen LogP contribution in [0.15, 0.2) is 0 Å². The quantitative estimate of drug-likeness (QED) is 0.625. The summed E-state index contributed by atoms with van der Waals surface area (Å²) < 4.78 is 0. The molecule has 0 amide bonds. The lowest BCUT2D eigenvalue weighted by atomic mass is 10.4. The minimum atomic E-state index is -0.213. The van der Waals surface area contributed by atoms with Gasteiger partial charge in [-0.3, -0.25) is 0 Å². The SMILES string of the molecule is CC.CC.CNCC(C)O. The first-order chi connectivity index (χ1) is 4.77. The zero-order valence-electron chi connectivity index (χ0n) is 8.23. The van der Waals surface area contributed by atoms with Crippen molar-refractivity contribution in [3.63, 3.8) is 0 Å². The Morgan fingerprint density at radius 3 is 1.50 bits per heavy atom. The second-order valence-electron chi connectivity index (χ2n) is 1.41. The molecule has 2 N–H and O–H groups in total. The Labute approximate surface area is 65.6 Å². The third-order valence-electron chi connectivity index (χ3n) is 0.500. The van der Waals surface area contributed by atoms with Crippen molar-refractivity contribution in [1.29, 1.82) is 0 Å². The number of aliphatic hydroxyl groups excluding tert-OH is 1. The van der Waals surface area contributed by atoms with Crippen LogP contribution in [-0.4, -0.2) is 24.8 Å². The van der Waals surface area contributed by atoms with Crippen LogP contribution in [0.3, 0.4) is 0 Å². The van der Waals surface area contributed by atoms with Gasteiger partial charge in [-0.05, 0) is 14.0 Å². The predicted molar refractivity (Wildman–Crippen MR) is 48.3 cm³/mol. The van der Waals surface area contributed by atoms with Crippen LogP contribution in [-0.2, 0) is 0 Å². The molecule has 66 valence electrons. The molecule has 0 bridgehead atoms. The van der Waals surface area contributed by atoms with Crippen molar-refractivity contribution in [3.05, 3.63) is 0 Å². The van der Waals surface area contributed by atoms with Crippen LogP contribution in [0, 0.1) is 0 Å². The summed E-state index contributed by atoms with van der Waals surface area (Å²) in [4.78, 5) is 0. The van der Waals surface area contributed by atoms with Crippen molar-refractivity contribution < 1.29 is 5.11 Å². The van der Waals surface area contributed by atoms with Crippen LogP contribution in [0.25, 0.3) is 0 Å². The molecule has 10 heavy (non-hydrogen) atoms. The number of nitrogens with one attached hydrogen (secondary N) is 1. The minimum Gasteiger partial charge on any atom is -0.392 e. The molecule has 0 fully saturated rings. The van der Waals surface area contributed by atoms with Crippen molar-refractivity contribution in [2.75, 3.05) is 13.6 Å². The molecular weight excluding hydrogens is 126 g/mol. The number of hydrogen-bond donors (Lipinski definition) is 2. The lowest BCUT2D eigenvalue weighted by Gasteiger charge is -1.97. The van der Waals surface area contributed by atoms with Crippen LogP contribution < -0.4 is 5.32 Å². The Bertz CT molecular complexity index is 30.4. The second kappa shape index (κ2) is 23.1. The molecule has 0 aliphatic rings. The molecule has 1 unspecified atom stereocenters. The first-order valence-corrected chi connectivity index (χ1v) is 4.10. The Morgan fingerprint density at radius 2 is 1.50 bits per heavy atom. The van der Waals surface area contributed by atoms with E-state index in [1.807, 2.05) is 34.7 Å². The van der Waals surface area contributed by atoms with Crippen LogP contribution >= 0.6 is 0 Å². The Balaban J connectivity index is -0.000000105. The van der Waals surface area contributed by atoms with E-state index in [9.17, 15) is 0 Å². The lowest BCUT2D eigenvalue weighted by molar-refractivity contribution is 0.194. The maximum absolute atomic E-state index is 8.49. The van der Waals surface area contributed by atoms with E-state index in [1.54, 1.807) is 6.92 Å². The molecule has 0 aliphatic carbocycles. The molecule has 0 saturated heterocycles. The standard InChI is InChI=1S/C4H11NO.2C2H6/c1-4(6)3-5-2;2*1-2/h4-6H,3H2,1-2H3;2*1-2H3. The van der Waals surface area contributed by atoms with E-state index in [0.717, 1.165) is 0 Å². The molecule has 0 aromatic rings. The first-order valence-electron chi connectivity index (χ1n) is 4.10.